The summed E-state index contributed by atoms with van der Waals surface area (Å²) in [6, 6.07) is 18.9. The SMILES string of the molecule is CCOc1cc(/C=C(/C#N)C(=O)Nc2cccc(Cl)c2)cc(Cl)c1OCC(=O)Nc1ccccc1C. The zero-order chi connectivity index (χ0) is 26.1. The van der Waals surface area contributed by atoms with Crippen molar-refractivity contribution in [2.45, 2.75) is 13.8 Å². The molecule has 0 saturated heterocycles. The number of carbonyl (C=O) groups is 2. The van der Waals surface area contributed by atoms with Gasteiger partial charge in [0.2, 0.25) is 0 Å². The minimum atomic E-state index is -0.609. The lowest BCUT2D eigenvalue weighted by atomic mass is 10.1. The predicted molar refractivity (Wildman–Crippen MR) is 142 cm³/mol. The van der Waals surface area contributed by atoms with E-state index in [4.69, 9.17) is 32.7 Å². The molecule has 3 aromatic rings. The molecule has 0 heterocycles. The van der Waals surface area contributed by atoms with Gasteiger partial charge in [-0.05, 0) is 67.4 Å². The van der Waals surface area contributed by atoms with E-state index in [1.165, 1.54) is 12.1 Å². The first-order valence-corrected chi connectivity index (χ1v) is 11.7. The quantitative estimate of drug-likeness (QED) is 0.254. The number of anilines is 2. The molecule has 3 rings (SSSR count). The van der Waals surface area contributed by atoms with Gasteiger partial charge in [0.1, 0.15) is 11.6 Å². The molecule has 0 radical (unpaired) electrons. The second kappa shape index (κ2) is 12.6. The summed E-state index contributed by atoms with van der Waals surface area (Å²) in [4.78, 5) is 25.0. The molecule has 7 nitrogen and oxygen atoms in total. The number of carbonyl (C=O) groups excluding carboxylic acids is 2. The van der Waals surface area contributed by atoms with Gasteiger partial charge in [0.25, 0.3) is 11.8 Å². The second-order valence-corrected chi connectivity index (χ2v) is 8.39. The van der Waals surface area contributed by atoms with Crippen molar-refractivity contribution >= 4 is 52.5 Å². The monoisotopic (exact) mass is 523 g/mol. The molecule has 36 heavy (non-hydrogen) atoms. The molecular weight excluding hydrogens is 501 g/mol. The van der Waals surface area contributed by atoms with Crippen molar-refractivity contribution in [2.75, 3.05) is 23.8 Å². The highest BCUT2D eigenvalue weighted by Gasteiger charge is 2.16. The molecule has 0 aliphatic carbocycles. The highest BCUT2D eigenvalue weighted by atomic mass is 35.5. The van der Waals surface area contributed by atoms with Crippen LogP contribution in [0.15, 0.2) is 66.2 Å². The van der Waals surface area contributed by atoms with E-state index in [0.29, 0.717) is 28.6 Å². The van der Waals surface area contributed by atoms with Gasteiger partial charge in [-0.3, -0.25) is 9.59 Å². The van der Waals surface area contributed by atoms with Gasteiger partial charge in [-0.15, -0.1) is 0 Å². The minimum absolute atomic E-state index is 0.153. The Hall–Kier alpha value is -3.99. The average Bonchev–Trinajstić information content (AvgIpc) is 2.83. The lowest BCUT2D eigenvalue weighted by Crippen LogP contribution is -2.21. The van der Waals surface area contributed by atoms with Crippen LogP contribution in [0.4, 0.5) is 11.4 Å². The van der Waals surface area contributed by atoms with Gasteiger partial charge in [-0.25, -0.2) is 0 Å². The van der Waals surface area contributed by atoms with Gasteiger partial charge in [0, 0.05) is 16.4 Å². The molecule has 2 amide bonds. The maximum absolute atomic E-state index is 12.6. The summed E-state index contributed by atoms with van der Waals surface area (Å²) in [5.74, 6) is -0.525. The Labute approximate surface area is 219 Å². The zero-order valence-electron chi connectivity index (χ0n) is 19.6. The molecule has 0 aromatic heterocycles. The van der Waals surface area contributed by atoms with Gasteiger partial charge in [0.05, 0.1) is 11.6 Å². The van der Waals surface area contributed by atoms with E-state index in [1.807, 2.05) is 31.2 Å². The van der Waals surface area contributed by atoms with Crippen LogP contribution in [0.5, 0.6) is 11.5 Å². The Morgan fingerprint density at radius 2 is 1.81 bits per heavy atom. The lowest BCUT2D eigenvalue weighted by Gasteiger charge is -2.15. The van der Waals surface area contributed by atoms with Crippen LogP contribution < -0.4 is 20.1 Å². The fraction of sp³-hybridized carbons (Fsp3) is 0.148. The highest BCUT2D eigenvalue weighted by Crippen LogP contribution is 2.37. The van der Waals surface area contributed by atoms with Gasteiger partial charge in [-0.2, -0.15) is 5.26 Å². The van der Waals surface area contributed by atoms with E-state index in [9.17, 15) is 14.9 Å². The lowest BCUT2D eigenvalue weighted by molar-refractivity contribution is -0.118. The summed E-state index contributed by atoms with van der Waals surface area (Å²) in [6.07, 6.45) is 1.38. The number of nitrogens with one attached hydrogen (secondary N) is 2. The van der Waals surface area contributed by atoms with Crippen LogP contribution in [-0.2, 0) is 9.59 Å². The van der Waals surface area contributed by atoms with Crippen molar-refractivity contribution in [3.8, 4) is 17.6 Å². The molecule has 0 unspecified atom stereocenters. The third kappa shape index (κ3) is 7.25. The summed E-state index contributed by atoms with van der Waals surface area (Å²) < 4.78 is 11.3. The van der Waals surface area contributed by atoms with Gasteiger partial charge in [-0.1, -0.05) is 47.5 Å². The molecule has 0 aliphatic heterocycles. The number of benzene rings is 3. The molecule has 0 spiro atoms. The number of amides is 2. The van der Waals surface area contributed by atoms with Crippen molar-refractivity contribution in [3.63, 3.8) is 0 Å². The first-order valence-electron chi connectivity index (χ1n) is 10.9. The van der Waals surface area contributed by atoms with E-state index >= 15 is 0 Å². The number of hydrogen-bond donors (Lipinski definition) is 2. The van der Waals surface area contributed by atoms with E-state index in [0.717, 1.165) is 5.56 Å². The fourth-order valence-electron chi connectivity index (χ4n) is 3.19. The predicted octanol–water partition coefficient (Wildman–Crippen LogP) is 6.26. The highest BCUT2D eigenvalue weighted by molar-refractivity contribution is 6.32. The van der Waals surface area contributed by atoms with Crippen molar-refractivity contribution in [3.05, 3.63) is 87.4 Å². The zero-order valence-corrected chi connectivity index (χ0v) is 21.1. The standard InChI is InChI=1S/C27H23Cl2N3O4/c1-3-35-24-13-18(11-19(15-30)27(34)31-21-9-6-8-20(28)14-21)12-22(29)26(24)36-16-25(33)32-23-10-5-4-7-17(23)2/h4-14H,3,16H2,1-2H3,(H,31,34)(H,32,33)/b19-11-. The molecule has 9 heteroatoms. The Balaban J connectivity index is 1.78. The molecular formula is C27H23Cl2N3O4. The van der Waals surface area contributed by atoms with Crippen LogP contribution >= 0.6 is 23.2 Å². The number of aryl methyl sites for hydroxylation is 1. The number of rotatable bonds is 9. The third-order valence-corrected chi connectivity index (χ3v) is 5.37. The van der Waals surface area contributed by atoms with E-state index in [1.54, 1.807) is 43.3 Å². The maximum Gasteiger partial charge on any atom is 0.266 e. The Kier molecular flexibility index (Phi) is 9.34. The van der Waals surface area contributed by atoms with Crippen molar-refractivity contribution in [1.29, 1.82) is 5.26 Å². The maximum atomic E-state index is 12.6. The number of nitriles is 1. The smallest absolute Gasteiger partial charge is 0.266 e. The largest absolute Gasteiger partial charge is 0.490 e. The van der Waals surface area contributed by atoms with Crippen molar-refractivity contribution < 1.29 is 19.1 Å². The van der Waals surface area contributed by atoms with Crippen molar-refractivity contribution in [1.82, 2.24) is 0 Å². The Bertz CT molecular complexity index is 1350. The molecule has 0 bridgehead atoms. The van der Waals surface area contributed by atoms with Crippen LogP contribution in [0.1, 0.15) is 18.1 Å². The number of hydrogen-bond acceptors (Lipinski definition) is 5. The topological polar surface area (TPSA) is 100 Å². The van der Waals surface area contributed by atoms with E-state index in [2.05, 4.69) is 10.6 Å². The molecule has 0 saturated carbocycles. The second-order valence-electron chi connectivity index (χ2n) is 7.55. The molecule has 0 fully saturated rings. The third-order valence-electron chi connectivity index (χ3n) is 4.86. The molecule has 2 N–H and O–H groups in total. The molecule has 0 atom stereocenters. The summed E-state index contributed by atoms with van der Waals surface area (Å²) >= 11 is 12.4. The molecule has 3 aromatic carbocycles. The summed E-state index contributed by atoms with van der Waals surface area (Å²) in [6.45, 7) is 3.67. The first kappa shape index (κ1) is 26.6. The number of nitrogens with zero attached hydrogens (tertiary/aromatic N) is 1. The number of para-hydroxylation sites is 1. The van der Waals surface area contributed by atoms with E-state index < -0.39 is 5.91 Å². The fourth-order valence-corrected chi connectivity index (χ4v) is 3.66. The van der Waals surface area contributed by atoms with E-state index in [-0.39, 0.29) is 34.6 Å². The van der Waals surface area contributed by atoms with Gasteiger partial charge >= 0.3 is 0 Å². The summed E-state index contributed by atoms with van der Waals surface area (Å²) in [5, 5.41) is 15.6. The van der Waals surface area contributed by atoms with Crippen LogP contribution in [-0.4, -0.2) is 25.0 Å². The van der Waals surface area contributed by atoms with Crippen molar-refractivity contribution in [2.24, 2.45) is 0 Å². The summed E-state index contributed by atoms with van der Waals surface area (Å²) in [7, 11) is 0. The van der Waals surface area contributed by atoms with Crippen LogP contribution in [0.3, 0.4) is 0 Å². The number of halogens is 2. The van der Waals surface area contributed by atoms with Gasteiger partial charge in [0.15, 0.2) is 18.1 Å². The number of ether oxygens (including phenoxy) is 2. The van der Waals surface area contributed by atoms with Crippen LogP contribution in [0.25, 0.3) is 6.08 Å². The summed E-state index contributed by atoms with van der Waals surface area (Å²) in [5.41, 5.74) is 2.35. The minimum Gasteiger partial charge on any atom is -0.490 e. The Morgan fingerprint density at radius 1 is 1.03 bits per heavy atom. The first-order chi connectivity index (χ1) is 17.3. The molecule has 0 aliphatic rings. The normalized spacial score (nSPS) is 10.8. The average molecular weight is 524 g/mol. The Morgan fingerprint density at radius 3 is 2.50 bits per heavy atom. The van der Waals surface area contributed by atoms with Crippen LogP contribution in [0, 0.1) is 18.3 Å². The molecule has 184 valence electrons. The van der Waals surface area contributed by atoms with Gasteiger partial charge < -0.3 is 20.1 Å². The van der Waals surface area contributed by atoms with Crippen LogP contribution in [0.2, 0.25) is 10.0 Å².